The molecule has 1 aromatic carbocycles. The average molecular weight is 533 g/mol. The fraction of sp³-hybridized carbons (Fsp3) is 0.476. The Morgan fingerprint density at radius 2 is 2.00 bits per heavy atom. The zero-order chi connectivity index (χ0) is 26.6. The number of hydrogen-bond donors (Lipinski definition) is 2. The predicted molar refractivity (Wildman–Crippen MR) is 121 cm³/mol. The lowest BCUT2D eigenvalue weighted by atomic mass is 9.98. The minimum absolute atomic E-state index is 0.0397. The maximum Gasteiger partial charge on any atom is 0.330 e. The van der Waals surface area contributed by atoms with Gasteiger partial charge in [-0.05, 0) is 45.0 Å². The quantitative estimate of drug-likeness (QED) is 0.260. The molecule has 0 amide bonds. The maximum absolute atomic E-state index is 15.3. The molecule has 2 heterocycles. The molecule has 2 N–H and O–H groups in total. The average Bonchev–Trinajstić information content (AvgIpc) is 3.05. The molecule has 1 aromatic heterocycles. The molecule has 0 aliphatic carbocycles. The molecule has 2 unspecified atom stereocenters. The molecule has 1 aliphatic heterocycles. The Morgan fingerprint density at radius 3 is 2.61 bits per heavy atom. The van der Waals surface area contributed by atoms with Gasteiger partial charge in [-0.15, -0.1) is 0 Å². The lowest BCUT2D eigenvalue weighted by molar-refractivity contribution is -0.154. The van der Waals surface area contributed by atoms with Crippen molar-refractivity contribution in [1.29, 1.82) is 0 Å². The van der Waals surface area contributed by atoms with Gasteiger partial charge in [0.05, 0.1) is 13.2 Å². The van der Waals surface area contributed by atoms with Crippen LogP contribution in [0.5, 0.6) is 5.75 Å². The normalized spacial score (nSPS) is 25.5. The van der Waals surface area contributed by atoms with Crippen molar-refractivity contribution in [2.24, 2.45) is 0 Å². The standard InChI is InChI=1S/C21H26F2N3O9P/c1-4-32-18(29)12(2)26(35-14-7-5-13(22)6-8-14)36(31)33-11-15-17(28)21(3,23)19(34-15)25-10-9-16(27)24-20(25)30/h5-10,12,15,17,19,28,36H,4,11H2,1-3H3,(H,24,27,30)/t12?,15-,17-,19-,21-/m1/s1. The van der Waals surface area contributed by atoms with E-state index in [1.165, 1.54) is 19.1 Å². The van der Waals surface area contributed by atoms with Gasteiger partial charge in [0, 0.05) is 12.3 Å². The Labute approximate surface area is 204 Å². The summed E-state index contributed by atoms with van der Waals surface area (Å²) in [7, 11) is -3.40. The molecular weight excluding hydrogens is 507 g/mol. The van der Waals surface area contributed by atoms with Crippen LogP contribution in [0, 0.1) is 5.82 Å². The van der Waals surface area contributed by atoms with Gasteiger partial charge in [-0.25, -0.2) is 13.6 Å². The van der Waals surface area contributed by atoms with Crippen LogP contribution in [0.25, 0.3) is 0 Å². The summed E-state index contributed by atoms with van der Waals surface area (Å²) < 4.78 is 58.0. The minimum atomic E-state index is -3.40. The van der Waals surface area contributed by atoms with Crippen molar-refractivity contribution in [3.63, 3.8) is 0 Å². The Hall–Kier alpha value is -2.90. The molecule has 0 bridgehead atoms. The van der Waals surface area contributed by atoms with E-state index < -0.39 is 68.0 Å². The zero-order valence-corrected chi connectivity index (χ0v) is 20.6. The van der Waals surface area contributed by atoms with Crippen LogP contribution >= 0.6 is 8.18 Å². The van der Waals surface area contributed by atoms with Crippen molar-refractivity contribution >= 4 is 14.1 Å². The van der Waals surface area contributed by atoms with Crippen molar-refractivity contribution in [1.82, 2.24) is 14.4 Å². The number of alkyl halides is 1. The molecule has 1 fully saturated rings. The summed E-state index contributed by atoms with van der Waals surface area (Å²) in [5.41, 5.74) is -4.15. The monoisotopic (exact) mass is 533 g/mol. The summed E-state index contributed by atoms with van der Waals surface area (Å²) in [6.45, 7) is 3.33. The number of esters is 1. The minimum Gasteiger partial charge on any atom is -0.465 e. The first-order chi connectivity index (χ1) is 16.9. The second kappa shape index (κ2) is 11.4. The smallest absolute Gasteiger partial charge is 0.330 e. The van der Waals surface area contributed by atoms with E-state index in [9.17, 15) is 28.4 Å². The molecule has 36 heavy (non-hydrogen) atoms. The highest BCUT2D eigenvalue weighted by atomic mass is 31.1. The SMILES string of the molecule is CCOC(=O)C(C)N(Oc1ccc(F)cc1)[PH](=O)OC[C@H]1O[C@@H](n2ccc(=O)[nH]c2=O)[C@](C)(F)[C@@H]1O. The van der Waals surface area contributed by atoms with Gasteiger partial charge < -0.3 is 23.9 Å². The van der Waals surface area contributed by atoms with Gasteiger partial charge in [0.25, 0.3) is 13.7 Å². The first-order valence-corrected chi connectivity index (χ1v) is 12.1. The number of aliphatic hydroxyl groups excluding tert-OH is 1. The summed E-state index contributed by atoms with van der Waals surface area (Å²) in [6, 6.07) is 4.40. The number of hydrogen-bond acceptors (Lipinski definition) is 9. The molecule has 0 saturated carbocycles. The summed E-state index contributed by atoms with van der Waals surface area (Å²) in [4.78, 5) is 43.8. The number of benzene rings is 1. The lowest BCUT2D eigenvalue weighted by Crippen LogP contribution is -2.43. The Bertz CT molecular complexity index is 1200. The molecule has 1 aliphatic rings. The van der Waals surface area contributed by atoms with E-state index in [4.69, 9.17) is 18.8 Å². The van der Waals surface area contributed by atoms with Crippen molar-refractivity contribution in [3.8, 4) is 5.75 Å². The molecule has 3 rings (SSSR count). The first kappa shape index (κ1) is 27.7. The Morgan fingerprint density at radius 1 is 1.33 bits per heavy atom. The number of H-pyrrole nitrogens is 1. The highest BCUT2D eigenvalue weighted by Gasteiger charge is 2.55. The molecule has 2 aromatic rings. The van der Waals surface area contributed by atoms with Crippen molar-refractivity contribution in [2.45, 2.75) is 50.9 Å². The van der Waals surface area contributed by atoms with E-state index in [-0.39, 0.29) is 12.4 Å². The highest BCUT2D eigenvalue weighted by molar-refractivity contribution is 7.36. The van der Waals surface area contributed by atoms with E-state index in [1.807, 2.05) is 4.98 Å². The van der Waals surface area contributed by atoms with Gasteiger partial charge in [0.1, 0.15) is 29.8 Å². The van der Waals surface area contributed by atoms with Crippen LogP contribution in [0.2, 0.25) is 0 Å². The van der Waals surface area contributed by atoms with E-state index in [0.717, 1.165) is 40.7 Å². The number of hydroxylamine groups is 1. The van der Waals surface area contributed by atoms with E-state index in [0.29, 0.717) is 0 Å². The third-order valence-corrected chi connectivity index (χ3v) is 6.62. The van der Waals surface area contributed by atoms with Crippen LogP contribution in [0.3, 0.4) is 0 Å². The molecule has 15 heteroatoms. The van der Waals surface area contributed by atoms with Crippen LogP contribution in [-0.4, -0.2) is 62.6 Å². The number of nitrogens with one attached hydrogen (secondary N) is 1. The number of ether oxygens (including phenoxy) is 2. The molecule has 1 saturated heterocycles. The van der Waals surface area contributed by atoms with Crippen LogP contribution in [0.1, 0.15) is 27.0 Å². The number of rotatable bonds is 10. The molecule has 0 radical (unpaired) electrons. The number of nitrogens with zero attached hydrogens (tertiary/aromatic N) is 2. The number of aliphatic hydroxyl groups is 1. The maximum atomic E-state index is 15.3. The van der Waals surface area contributed by atoms with E-state index in [1.54, 1.807) is 6.92 Å². The van der Waals surface area contributed by atoms with Gasteiger partial charge in [-0.3, -0.25) is 23.7 Å². The Kier molecular flexibility index (Phi) is 8.80. The second-order valence-electron chi connectivity index (χ2n) is 8.02. The van der Waals surface area contributed by atoms with Crippen LogP contribution in [-0.2, 0) is 23.4 Å². The van der Waals surface area contributed by atoms with Gasteiger partial charge in [-0.1, -0.05) is 4.83 Å². The zero-order valence-electron chi connectivity index (χ0n) is 19.6. The second-order valence-corrected chi connectivity index (χ2v) is 9.28. The van der Waals surface area contributed by atoms with Crippen molar-refractivity contribution in [3.05, 3.63) is 63.2 Å². The summed E-state index contributed by atoms with van der Waals surface area (Å²) >= 11 is 0. The summed E-state index contributed by atoms with van der Waals surface area (Å²) in [5, 5.41) is 10.5. The van der Waals surface area contributed by atoms with Crippen LogP contribution in [0.15, 0.2) is 46.1 Å². The van der Waals surface area contributed by atoms with Gasteiger partial charge in [-0.2, -0.15) is 0 Å². The topological polar surface area (TPSA) is 149 Å². The number of aromatic nitrogens is 2. The summed E-state index contributed by atoms with van der Waals surface area (Å²) in [5.74, 6) is -1.29. The highest BCUT2D eigenvalue weighted by Crippen LogP contribution is 2.42. The molecule has 12 nitrogen and oxygen atoms in total. The Balaban J connectivity index is 1.75. The third kappa shape index (κ3) is 6.08. The van der Waals surface area contributed by atoms with Crippen molar-refractivity contribution < 1.29 is 42.1 Å². The largest absolute Gasteiger partial charge is 0.465 e. The van der Waals surface area contributed by atoms with Crippen LogP contribution < -0.4 is 16.1 Å². The summed E-state index contributed by atoms with van der Waals surface area (Å²) in [6.07, 6.45) is -3.81. The number of halogens is 2. The fourth-order valence-electron chi connectivity index (χ4n) is 3.42. The molecule has 198 valence electrons. The van der Waals surface area contributed by atoms with E-state index >= 15 is 4.39 Å². The first-order valence-electron chi connectivity index (χ1n) is 10.9. The molecular formula is C21H26F2N3O9P. The van der Waals surface area contributed by atoms with Crippen molar-refractivity contribution in [2.75, 3.05) is 13.2 Å². The number of aromatic amines is 1. The van der Waals surface area contributed by atoms with Gasteiger partial charge in [0.2, 0.25) is 0 Å². The molecule has 6 atom stereocenters. The van der Waals surface area contributed by atoms with Gasteiger partial charge in [0.15, 0.2) is 11.9 Å². The third-order valence-electron chi connectivity index (χ3n) is 5.37. The fourth-order valence-corrected chi connectivity index (χ4v) is 4.46. The number of carbonyl (C=O) groups excluding carboxylic acids is 1. The molecule has 0 spiro atoms. The van der Waals surface area contributed by atoms with E-state index in [2.05, 4.69) is 0 Å². The van der Waals surface area contributed by atoms with Gasteiger partial charge >= 0.3 is 11.7 Å². The number of carbonyl (C=O) groups is 1. The van der Waals surface area contributed by atoms with Crippen LogP contribution in [0.4, 0.5) is 8.78 Å². The lowest BCUT2D eigenvalue weighted by Gasteiger charge is -2.26. The predicted octanol–water partition coefficient (Wildman–Crippen LogP) is 1.32.